The molecule has 0 aliphatic heterocycles. The van der Waals surface area contributed by atoms with Crippen molar-refractivity contribution in [2.24, 2.45) is 0 Å². The number of nitro benzene ring substituents is 1. The predicted octanol–water partition coefficient (Wildman–Crippen LogP) is 3.11. The van der Waals surface area contributed by atoms with Crippen LogP contribution in [-0.4, -0.2) is 22.9 Å². The first kappa shape index (κ1) is 13.0. The van der Waals surface area contributed by atoms with Gasteiger partial charge in [0.1, 0.15) is 0 Å². The molecule has 1 aromatic rings. The average molecular weight is 252 g/mol. The molecule has 0 saturated heterocycles. The second kappa shape index (κ2) is 5.44. The molecule has 0 amide bonds. The van der Waals surface area contributed by atoms with Gasteiger partial charge in [-0.3, -0.25) is 15.0 Å². The van der Waals surface area contributed by atoms with Crippen molar-refractivity contribution >= 4 is 5.69 Å². The monoisotopic (exact) mass is 252 g/mol. The lowest BCUT2D eigenvalue weighted by Crippen LogP contribution is -2.28. The minimum absolute atomic E-state index is 0.456. The van der Waals surface area contributed by atoms with Crippen molar-refractivity contribution in [3.63, 3.8) is 0 Å². The summed E-state index contributed by atoms with van der Waals surface area (Å²) in [6, 6.07) is 4.70. The molecule has 0 N–H and O–H groups in total. The van der Waals surface area contributed by atoms with E-state index < -0.39 is 16.4 Å². The summed E-state index contributed by atoms with van der Waals surface area (Å²) in [6.07, 6.45) is 4.88. The molecular formula is C13H17FN2O2. The number of nitrogens with zero attached hydrogens (tertiary/aromatic N) is 2. The molecule has 0 unspecified atom stereocenters. The van der Waals surface area contributed by atoms with Crippen molar-refractivity contribution in [3.05, 3.63) is 39.7 Å². The van der Waals surface area contributed by atoms with Gasteiger partial charge < -0.3 is 0 Å². The van der Waals surface area contributed by atoms with Gasteiger partial charge in [0.2, 0.25) is 5.82 Å². The van der Waals surface area contributed by atoms with E-state index in [1.165, 1.54) is 37.8 Å². The van der Waals surface area contributed by atoms with Crippen LogP contribution in [0.2, 0.25) is 0 Å². The highest BCUT2D eigenvalue weighted by molar-refractivity contribution is 5.34. The molecule has 0 aromatic heterocycles. The third-order valence-corrected chi connectivity index (χ3v) is 3.59. The van der Waals surface area contributed by atoms with E-state index >= 15 is 0 Å². The van der Waals surface area contributed by atoms with Gasteiger partial charge in [-0.05, 0) is 31.5 Å². The Balaban J connectivity index is 2.05. The van der Waals surface area contributed by atoms with E-state index in [1.807, 2.05) is 7.05 Å². The lowest BCUT2D eigenvalue weighted by molar-refractivity contribution is -0.387. The van der Waals surface area contributed by atoms with Crippen LogP contribution < -0.4 is 0 Å². The lowest BCUT2D eigenvalue weighted by atomic mass is 10.1. The van der Waals surface area contributed by atoms with Gasteiger partial charge in [-0.2, -0.15) is 4.39 Å². The van der Waals surface area contributed by atoms with Crippen molar-refractivity contribution in [1.82, 2.24) is 4.90 Å². The van der Waals surface area contributed by atoms with Gasteiger partial charge in [-0.25, -0.2) is 0 Å². The molecule has 2 rings (SSSR count). The van der Waals surface area contributed by atoms with Gasteiger partial charge >= 0.3 is 5.69 Å². The van der Waals surface area contributed by atoms with Gasteiger partial charge in [-0.1, -0.05) is 18.9 Å². The Morgan fingerprint density at radius 3 is 2.67 bits per heavy atom. The van der Waals surface area contributed by atoms with Crippen molar-refractivity contribution in [2.45, 2.75) is 38.3 Å². The highest BCUT2D eigenvalue weighted by Gasteiger charge is 2.20. The predicted molar refractivity (Wildman–Crippen MR) is 66.8 cm³/mol. The summed E-state index contributed by atoms with van der Waals surface area (Å²) in [5.74, 6) is -0.752. The number of benzene rings is 1. The molecule has 0 heterocycles. The molecule has 1 fully saturated rings. The molecule has 0 spiro atoms. The van der Waals surface area contributed by atoms with E-state index in [4.69, 9.17) is 0 Å². The van der Waals surface area contributed by atoms with Crippen LogP contribution in [0.1, 0.15) is 31.2 Å². The third kappa shape index (κ3) is 2.85. The smallest absolute Gasteiger partial charge is 0.299 e. The molecule has 5 heteroatoms. The van der Waals surface area contributed by atoms with E-state index in [9.17, 15) is 14.5 Å². The molecule has 4 nitrogen and oxygen atoms in total. The molecule has 0 atom stereocenters. The topological polar surface area (TPSA) is 46.4 Å². The van der Waals surface area contributed by atoms with E-state index in [-0.39, 0.29) is 0 Å². The van der Waals surface area contributed by atoms with Crippen molar-refractivity contribution in [1.29, 1.82) is 0 Å². The zero-order chi connectivity index (χ0) is 13.1. The van der Waals surface area contributed by atoms with Crippen LogP contribution >= 0.6 is 0 Å². The van der Waals surface area contributed by atoms with Gasteiger partial charge in [0, 0.05) is 18.7 Å². The number of halogens is 1. The summed E-state index contributed by atoms with van der Waals surface area (Å²) in [5.41, 5.74) is 0.328. The second-order valence-electron chi connectivity index (χ2n) is 4.90. The minimum atomic E-state index is -0.752. The summed E-state index contributed by atoms with van der Waals surface area (Å²) in [5, 5.41) is 10.5. The van der Waals surface area contributed by atoms with Crippen LogP contribution in [0.15, 0.2) is 18.2 Å². The van der Waals surface area contributed by atoms with E-state index in [0.29, 0.717) is 12.6 Å². The van der Waals surface area contributed by atoms with E-state index in [0.717, 1.165) is 5.56 Å². The minimum Gasteiger partial charge on any atom is -0.299 e. The SMILES string of the molecule is CN(Cc1ccc([N+](=O)[O-])c(F)c1)C1CCCC1. The third-order valence-electron chi connectivity index (χ3n) is 3.59. The zero-order valence-corrected chi connectivity index (χ0v) is 10.4. The molecular weight excluding hydrogens is 235 g/mol. The molecule has 1 aliphatic carbocycles. The highest BCUT2D eigenvalue weighted by atomic mass is 19.1. The first-order valence-electron chi connectivity index (χ1n) is 6.21. The number of hydrogen-bond donors (Lipinski definition) is 0. The fourth-order valence-corrected chi connectivity index (χ4v) is 2.56. The number of hydrogen-bond acceptors (Lipinski definition) is 3. The Morgan fingerprint density at radius 1 is 1.44 bits per heavy atom. The Morgan fingerprint density at radius 2 is 2.11 bits per heavy atom. The molecule has 0 radical (unpaired) electrons. The normalized spacial score (nSPS) is 16.4. The van der Waals surface area contributed by atoms with Crippen LogP contribution in [0.25, 0.3) is 0 Å². The molecule has 98 valence electrons. The lowest BCUT2D eigenvalue weighted by Gasteiger charge is -2.23. The molecule has 1 saturated carbocycles. The van der Waals surface area contributed by atoms with Crippen LogP contribution in [0, 0.1) is 15.9 Å². The molecule has 0 bridgehead atoms. The summed E-state index contributed by atoms with van der Waals surface area (Å²) in [7, 11) is 2.02. The maximum absolute atomic E-state index is 13.5. The molecule has 18 heavy (non-hydrogen) atoms. The van der Waals surface area contributed by atoms with E-state index in [1.54, 1.807) is 6.07 Å². The largest absolute Gasteiger partial charge is 0.304 e. The number of rotatable bonds is 4. The van der Waals surface area contributed by atoms with Crippen LogP contribution in [0.3, 0.4) is 0 Å². The van der Waals surface area contributed by atoms with Crippen molar-refractivity contribution in [2.75, 3.05) is 7.05 Å². The fraction of sp³-hybridized carbons (Fsp3) is 0.538. The summed E-state index contributed by atoms with van der Waals surface area (Å²) in [6.45, 7) is 0.638. The maximum Gasteiger partial charge on any atom is 0.304 e. The summed E-state index contributed by atoms with van der Waals surface area (Å²) >= 11 is 0. The molecule has 1 aliphatic rings. The van der Waals surface area contributed by atoms with Crippen LogP contribution in [0.5, 0.6) is 0 Å². The van der Waals surface area contributed by atoms with Crippen molar-refractivity contribution < 1.29 is 9.31 Å². The summed E-state index contributed by atoms with van der Waals surface area (Å²) in [4.78, 5) is 12.0. The fourth-order valence-electron chi connectivity index (χ4n) is 2.56. The Labute approximate surface area is 106 Å². The van der Waals surface area contributed by atoms with E-state index in [2.05, 4.69) is 4.90 Å². The first-order chi connectivity index (χ1) is 8.58. The Bertz CT molecular complexity index is 445. The highest BCUT2D eigenvalue weighted by Crippen LogP contribution is 2.24. The van der Waals surface area contributed by atoms with Gasteiger partial charge in [0.15, 0.2) is 0 Å². The molecule has 1 aromatic carbocycles. The quantitative estimate of drug-likeness (QED) is 0.611. The van der Waals surface area contributed by atoms with Crippen molar-refractivity contribution in [3.8, 4) is 0 Å². The van der Waals surface area contributed by atoms with Gasteiger partial charge in [0.25, 0.3) is 0 Å². The number of nitro groups is 1. The van der Waals surface area contributed by atoms with Gasteiger partial charge in [-0.15, -0.1) is 0 Å². The average Bonchev–Trinajstić information content (AvgIpc) is 2.81. The first-order valence-corrected chi connectivity index (χ1v) is 6.21. The zero-order valence-electron chi connectivity index (χ0n) is 10.4. The van der Waals surface area contributed by atoms with Crippen LogP contribution in [0.4, 0.5) is 10.1 Å². The second-order valence-corrected chi connectivity index (χ2v) is 4.90. The Kier molecular flexibility index (Phi) is 3.91. The van der Waals surface area contributed by atoms with Crippen LogP contribution in [-0.2, 0) is 6.54 Å². The maximum atomic E-state index is 13.5. The Hall–Kier alpha value is -1.49. The standard InChI is InChI=1S/C13H17FN2O2/c1-15(11-4-2-3-5-11)9-10-6-7-13(16(17)18)12(14)8-10/h6-8,11H,2-5,9H2,1H3. The summed E-state index contributed by atoms with van der Waals surface area (Å²) < 4.78 is 13.5. The van der Waals surface area contributed by atoms with Gasteiger partial charge in [0.05, 0.1) is 4.92 Å².